The standard InChI is InChI=1S/C14H17F3N4O2/c1-20-9-13(23-12(20)22)4-2-7-21(8-5-13)11-18-6-3-10(19-11)14(15,16)17/h3,6H,2,4-5,7-9H2,1H3. The van der Waals surface area contributed by atoms with Gasteiger partial charge in [-0.15, -0.1) is 0 Å². The number of rotatable bonds is 1. The number of carbonyl (C=O) groups excluding carboxylic acids is 1. The molecule has 1 aromatic rings. The van der Waals surface area contributed by atoms with Crippen LogP contribution in [0, 0.1) is 0 Å². The summed E-state index contributed by atoms with van der Waals surface area (Å²) in [4.78, 5) is 22.4. The number of amides is 1. The number of halogens is 3. The maximum atomic E-state index is 12.8. The van der Waals surface area contributed by atoms with Crippen LogP contribution < -0.4 is 4.90 Å². The van der Waals surface area contributed by atoms with Gasteiger partial charge in [0.05, 0.1) is 6.54 Å². The molecule has 1 atom stereocenters. The van der Waals surface area contributed by atoms with Crippen LogP contribution in [0.4, 0.5) is 23.9 Å². The van der Waals surface area contributed by atoms with Crippen molar-refractivity contribution in [1.29, 1.82) is 0 Å². The van der Waals surface area contributed by atoms with Gasteiger partial charge in [0.15, 0.2) is 0 Å². The fraction of sp³-hybridized carbons (Fsp3) is 0.643. The summed E-state index contributed by atoms with van der Waals surface area (Å²) in [5.41, 5.74) is -1.50. The molecule has 0 radical (unpaired) electrons. The summed E-state index contributed by atoms with van der Waals surface area (Å²) in [6.07, 6.45) is -1.81. The minimum atomic E-state index is -4.49. The summed E-state index contributed by atoms with van der Waals surface area (Å²) < 4.78 is 43.8. The molecule has 1 unspecified atom stereocenters. The van der Waals surface area contributed by atoms with Crippen LogP contribution in [0.25, 0.3) is 0 Å². The summed E-state index contributed by atoms with van der Waals surface area (Å²) in [6, 6.07) is 0.858. The minimum Gasteiger partial charge on any atom is -0.441 e. The highest BCUT2D eigenvalue weighted by Gasteiger charge is 2.44. The maximum Gasteiger partial charge on any atom is 0.433 e. The van der Waals surface area contributed by atoms with Crippen LogP contribution in [0.1, 0.15) is 25.0 Å². The van der Waals surface area contributed by atoms with Crippen molar-refractivity contribution in [2.24, 2.45) is 0 Å². The predicted molar refractivity (Wildman–Crippen MR) is 74.9 cm³/mol. The lowest BCUT2D eigenvalue weighted by molar-refractivity contribution is -0.141. The number of ether oxygens (including phenoxy) is 1. The monoisotopic (exact) mass is 330 g/mol. The Kier molecular flexibility index (Phi) is 3.81. The Labute approximate surface area is 131 Å². The molecule has 3 heterocycles. The maximum absolute atomic E-state index is 12.8. The van der Waals surface area contributed by atoms with E-state index < -0.39 is 17.5 Å². The molecule has 0 bridgehead atoms. The summed E-state index contributed by atoms with van der Waals surface area (Å²) in [5.74, 6) is 0.0644. The van der Waals surface area contributed by atoms with E-state index in [1.54, 1.807) is 11.9 Å². The van der Waals surface area contributed by atoms with Gasteiger partial charge >= 0.3 is 12.3 Å². The highest BCUT2D eigenvalue weighted by atomic mass is 19.4. The highest BCUT2D eigenvalue weighted by molar-refractivity contribution is 5.70. The second-order valence-electron chi connectivity index (χ2n) is 5.99. The molecule has 126 valence electrons. The third-order valence-electron chi connectivity index (χ3n) is 4.25. The Balaban J connectivity index is 1.75. The number of likely N-dealkylation sites (N-methyl/N-ethyl adjacent to an activating group) is 1. The van der Waals surface area contributed by atoms with E-state index in [0.29, 0.717) is 38.9 Å². The van der Waals surface area contributed by atoms with E-state index >= 15 is 0 Å². The lowest BCUT2D eigenvalue weighted by atomic mass is 9.95. The second kappa shape index (κ2) is 5.54. The number of hydrogen-bond acceptors (Lipinski definition) is 5. The van der Waals surface area contributed by atoms with E-state index in [4.69, 9.17) is 4.74 Å². The van der Waals surface area contributed by atoms with E-state index in [0.717, 1.165) is 12.3 Å². The molecular formula is C14H17F3N4O2. The van der Waals surface area contributed by atoms with Crippen LogP contribution in [0.2, 0.25) is 0 Å². The zero-order chi connectivity index (χ0) is 16.7. The van der Waals surface area contributed by atoms with E-state index in [1.807, 2.05) is 0 Å². The Morgan fingerprint density at radius 2 is 2.09 bits per heavy atom. The second-order valence-corrected chi connectivity index (χ2v) is 5.99. The average Bonchev–Trinajstić information content (AvgIpc) is 2.66. The average molecular weight is 330 g/mol. The largest absolute Gasteiger partial charge is 0.441 e. The molecule has 0 aromatic carbocycles. The Bertz CT molecular complexity index is 610. The van der Waals surface area contributed by atoms with Crippen molar-refractivity contribution >= 4 is 12.0 Å². The molecule has 2 aliphatic rings. The van der Waals surface area contributed by atoms with Crippen molar-refractivity contribution in [1.82, 2.24) is 14.9 Å². The molecule has 0 saturated carbocycles. The normalized spacial score (nSPS) is 25.7. The lowest BCUT2D eigenvalue weighted by Crippen LogP contribution is -2.35. The van der Waals surface area contributed by atoms with Crippen molar-refractivity contribution in [2.45, 2.75) is 31.0 Å². The number of alkyl halides is 3. The third-order valence-corrected chi connectivity index (χ3v) is 4.25. The van der Waals surface area contributed by atoms with Gasteiger partial charge in [-0.1, -0.05) is 0 Å². The van der Waals surface area contributed by atoms with Crippen molar-refractivity contribution in [3.05, 3.63) is 18.0 Å². The van der Waals surface area contributed by atoms with Gasteiger partial charge in [-0.3, -0.25) is 0 Å². The SMILES string of the molecule is CN1CC2(CCCN(c3nccc(C(F)(F)F)n3)CC2)OC1=O. The van der Waals surface area contributed by atoms with Crippen molar-refractivity contribution < 1.29 is 22.7 Å². The summed E-state index contributed by atoms with van der Waals surface area (Å²) in [5, 5.41) is 0. The van der Waals surface area contributed by atoms with Crippen LogP contribution in [-0.4, -0.2) is 53.2 Å². The van der Waals surface area contributed by atoms with E-state index in [9.17, 15) is 18.0 Å². The first-order valence-corrected chi connectivity index (χ1v) is 7.38. The molecule has 2 saturated heterocycles. The Hall–Kier alpha value is -2.06. The van der Waals surface area contributed by atoms with Crippen LogP contribution in [-0.2, 0) is 10.9 Å². The summed E-state index contributed by atoms with van der Waals surface area (Å²) in [6.45, 7) is 1.48. The molecule has 1 aromatic heterocycles. The van der Waals surface area contributed by atoms with Crippen LogP contribution >= 0.6 is 0 Å². The van der Waals surface area contributed by atoms with Crippen molar-refractivity contribution in [3.8, 4) is 0 Å². The Morgan fingerprint density at radius 1 is 1.30 bits per heavy atom. The van der Waals surface area contributed by atoms with Gasteiger partial charge in [0, 0.05) is 32.8 Å². The molecular weight excluding hydrogens is 313 g/mol. The first kappa shape index (κ1) is 15.8. The molecule has 1 amide bonds. The lowest BCUT2D eigenvalue weighted by Gasteiger charge is -2.25. The summed E-state index contributed by atoms with van der Waals surface area (Å²) >= 11 is 0. The number of aromatic nitrogens is 2. The van der Waals surface area contributed by atoms with Gasteiger partial charge in [0.25, 0.3) is 0 Å². The molecule has 2 fully saturated rings. The molecule has 2 aliphatic heterocycles. The summed E-state index contributed by atoms with van der Waals surface area (Å²) in [7, 11) is 1.68. The van der Waals surface area contributed by atoms with Crippen LogP contribution in [0.5, 0.6) is 0 Å². The molecule has 0 N–H and O–H groups in total. The minimum absolute atomic E-state index is 0.0644. The van der Waals surface area contributed by atoms with Crippen molar-refractivity contribution in [3.63, 3.8) is 0 Å². The first-order chi connectivity index (χ1) is 10.8. The third kappa shape index (κ3) is 3.18. The van der Waals surface area contributed by atoms with Gasteiger partial charge in [-0.05, 0) is 18.9 Å². The molecule has 9 heteroatoms. The first-order valence-electron chi connectivity index (χ1n) is 7.38. The Morgan fingerprint density at radius 3 is 2.74 bits per heavy atom. The fourth-order valence-electron chi connectivity index (χ4n) is 3.08. The van der Waals surface area contributed by atoms with Gasteiger partial charge in [0.2, 0.25) is 5.95 Å². The topological polar surface area (TPSA) is 58.6 Å². The number of nitrogens with zero attached hydrogens (tertiary/aromatic N) is 4. The molecule has 23 heavy (non-hydrogen) atoms. The zero-order valence-corrected chi connectivity index (χ0v) is 12.6. The molecule has 0 aliphatic carbocycles. The fourth-order valence-corrected chi connectivity index (χ4v) is 3.08. The van der Waals surface area contributed by atoms with Crippen LogP contribution in [0.15, 0.2) is 12.3 Å². The number of anilines is 1. The van der Waals surface area contributed by atoms with Crippen LogP contribution in [0.3, 0.4) is 0 Å². The smallest absolute Gasteiger partial charge is 0.433 e. The van der Waals surface area contributed by atoms with E-state index in [1.165, 1.54) is 4.90 Å². The van der Waals surface area contributed by atoms with Gasteiger partial charge in [0.1, 0.15) is 11.3 Å². The quantitative estimate of drug-likeness (QED) is 0.791. The molecule has 3 rings (SSSR count). The zero-order valence-electron chi connectivity index (χ0n) is 12.6. The molecule has 6 nitrogen and oxygen atoms in total. The van der Waals surface area contributed by atoms with Gasteiger partial charge < -0.3 is 14.5 Å². The van der Waals surface area contributed by atoms with E-state index in [2.05, 4.69) is 9.97 Å². The number of carbonyl (C=O) groups is 1. The van der Waals surface area contributed by atoms with E-state index in [-0.39, 0.29) is 12.0 Å². The highest BCUT2D eigenvalue weighted by Crippen LogP contribution is 2.34. The van der Waals surface area contributed by atoms with Gasteiger partial charge in [-0.25, -0.2) is 14.8 Å². The number of hydrogen-bond donors (Lipinski definition) is 0. The van der Waals surface area contributed by atoms with Crippen molar-refractivity contribution in [2.75, 3.05) is 31.6 Å². The van der Waals surface area contributed by atoms with Gasteiger partial charge in [-0.2, -0.15) is 13.2 Å². The predicted octanol–water partition coefficient (Wildman–Crippen LogP) is 2.31. The molecule has 1 spiro atoms.